The highest BCUT2D eigenvalue weighted by atomic mass is 32.2. The molecule has 1 rings (SSSR count). The third kappa shape index (κ3) is 4.95. The van der Waals surface area contributed by atoms with Crippen LogP contribution in [0.4, 0.5) is 0 Å². The van der Waals surface area contributed by atoms with Gasteiger partial charge in [0.15, 0.2) is 5.78 Å². The molecule has 2 heteroatoms. The van der Waals surface area contributed by atoms with E-state index in [1.54, 1.807) is 11.8 Å². The fourth-order valence-electron chi connectivity index (χ4n) is 1.90. The zero-order valence-electron chi connectivity index (χ0n) is 10.9. The Labute approximate surface area is 109 Å². The first-order valence-electron chi connectivity index (χ1n) is 6.45. The Balaban J connectivity index is 2.41. The van der Waals surface area contributed by atoms with Crippen LogP contribution in [0, 0.1) is 0 Å². The van der Waals surface area contributed by atoms with Gasteiger partial charge in [-0.05, 0) is 18.7 Å². The van der Waals surface area contributed by atoms with Crippen molar-refractivity contribution in [3.63, 3.8) is 0 Å². The van der Waals surface area contributed by atoms with Crippen molar-refractivity contribution in [2.45, 2.75) is 50.3 Å². The molecule has 17 heavy (non-hydrogen) atoms. The van der Waals surface area contributed by atoms with E-state index in [0.29, 0.717) is 12.2 Å². The number of unbranched alkanes of at least 4 members (excludes halogenated alkanes) is 4. The molecule has 0 fully saturated rings. The summed E-state index contributed by atoms with van der Waals surface area (Å²) in [6.45, 7) is 2.21. The molecule has 0 saturated heterocycles. The lowest BCUT2D eigenvalue weighted by Crippen LogP contribution is -2.00. The molecule has 0 aromatic heterocycles. The zero-order valence-corrected chi connectivity index (χ0v) is 11.7. The lowest BCUT2D eigenvalue weighted by molar-refractivity contribution is 0.0976. The minimum atomic E-state index is 0.298. The smallest absolute Gasteiger partial charge is 0.163 e. The molecule has 1 aromatic carbocycles. The van der Waals surface area contributed by atoms with Crippen LogP contribution in [0.2, 0.25) is 0 Å². The van der Waals surface area contributed by atoms with Crippen molar-refractivity contribution in [3.05, 3.63) is 29.8 Å². The van der Waals surface area contributed by atoms with Crippen molar-refractivity contribution in [2.75, 3.05) is 6.26 Å². The minimum absolute atomic E-state index is 0.298. The Bertz CT molecular complexity index is 347. The van der Waals surface area contributed by atoms with E-state index in [0.717, 1.165) is 16.9 Å². The van der Waals surface area contributed by atoms with Gasteiger partial charge < -0.3 is 0 Å². The number of ketones is 1. The van der Waals surface area contributed by atoms with Gasteiger partial charge in [0.1, 0.15) is 0 Å². The highest BCUT2D eigenvalue weighted by Gasteiger charge is 2.09. The van der Waals surface area contributed by atoms with Gasteiger partial charge in [-0.3, -0.25) is 4.79 Å². The van der Waals surface area contributed by atoms with E-state index in [1.807, 2.05) is 30.5 Å². The van der Waals surface area contributed by atoms with Gasteiger partial charge in [0.05, 0.1) is 0 Å². The SMILES string of the molecule is CCCCCCCC(=O)c1ccccc1SC. The molecule has 0 atom stereocenters. The van der Waals surface area contributed by atoms with Crippen LogP contribution in [-0.4, -0.2) is 12.0 Å². The Hall–Kier alpha value is -0.760. The van der Waals surface area contributed by atoms with E-state index in [1.165, 1.54) is 25.7 Å². The first kappa shape index (κ1) is 14.3. The summed E-state index contributed by atoms with van der Waals surface area (Å²) in [5, 5.41) is 0. The molecule has 0 amide bonds. The van der Waals surface area contributed by atoms with Crippen LogP contribution < -0.4 is 0 Å². The number of hydrogen-bond acceptors (Lipinski definition) is 2. The van der Waals surface area contributed by atoms with Gasteiger partial charge in [-0.1, -0.05) is 50.8 Å². The molecule has 1 nitrogen and oxygen atoms in total. The Morgan fingerprint density at radius 2 is 1.82 bits per heavy atom. The number of thioether (sulfide) groups is 1. The van der Waals surface area contributed by atoms with E-state index in [4.69, 9.17) is 0 Å². The van der Waals surface area contributed by atoms with Crippen LogP contribution in [0.15, 0.2) is 29.2 Å². The maximum atomic E-state index is 12.0. The number of hydrogen-bond donors (Lipinski definition) is 0. The van der Waals surface area contributed by atoms with Gasteiger partial charge in [-0.2, -0.15) is 0 Å². The van der Waals surface area contributed by atoms with Crippen LogP contribution in [0.1, 0.15) is 55.8 Å². The van der Waals surface area contributed by atoms with Gasteiger partial charge in [0, 0.05) is 16.9 Å². The summed E-state index contributed by atoms with van der Waals surface area (Å²) in [6.07, 6.45) is 8.73. The number of carbonyl (C=O) groups is 1. The average Bonchev–Trinajstić information content (AvgIpc) is 2.38. The summed E-state index contributed by atoms with van der Waals surface area (Å²) in [4.78, 5) is 13.1. The first-order chi connectivity index (χ1) is 8.29. The fraction of sp³-hybridized carbons (Fsp3) is 0.533. The third-order valence-corrected chi connectivity index (χ3v) is 3.71. The number of Topliss-reactive ketones (excluding diaryl/α,β-unsaturated/α-hetero) is 1. The molecule has 0 bridgehead atoms. The predicted octanol–water partition coefficient (Wildman–Crippen LogP) is 4.95. The van der Waals surface area contributed by atoms with Gasteiger partial charge >= 0.3 is 0 Å². The van der Waals surface area contributed by atoms with Crippen LogP contribution in [-0.2, 0) is 0 Å². The van der Waals surface area contributed by atoms with Gasteiger partial charge in [-0.25, -0.2) is 0 Å². The molecule has 1 aromatic rings. The molecule has 94 valence electrons. The summed E-state index contributed by atoms with van der Waals surface area (Å²) in [6, 6.07) is 7.91. The Morgan fingerprint density at radius 3 is 2.53 bits per heavy atom. The van der Waals surface area contributed by atoms with E-state index in [2.05, 4.69) is 6.92 Å². The average molecular weight is 250 g/mol. The molecule has 0 heterocycles. The lowest BCUT2D eigenvalue weighted by atomic mass is 10.0. The molecule has 0 saturated carbocycles. The monoisotopic (exact) mass is 250 g/mol. The largest absolute Gasteiger partial charge is 0.294 e. The number of rotatable bonds is 8. The van der Waals surface area contributed by atoms with Crippen molar-refractivity contribution in [1.82, 2.24) is 0 Å². The number of benzene rings is 1. The van der Waals surface area contributed by atoms with Crippen molar-refractivity contribution in [3.8, 4) is 0 Å². The Kier molecular flexibility index (Phi) is 7.02. The highest BCUT2D eigenvalue weighted by Crippen LogP contribution is 2.22. The van der Waals surface area contributed by atoms with Gasteiger partial charge in [0.25, 0.3) is 0 Å². The lowest BCUT2D eigenvalue weighted by Gasteiger charge is -2.05. The Morgan fingerprint density at radius 1 is 1.12 bits per heavy atom. The van der Waals surface area contributed by atoms with Gasteiger partial charge in [-0.15, -0.1) is 11.8 Å². The summed E-state index contributed by atoms with van der Waals surface area (Å²) in [7, 11) is 0. The second kappa shape index (κ2) is 8.35. The third-order valence-electron chi connectivity index (χ3n) is 2.91. The van der Waals surface area contributed by atoms with E-state index < -0.39 is 0 Å². The van der Waals surface area contributed by atoms with Crippen LogP contribution in [0.5, 0.6) is 0 Å². The molecular formula is C15H22OS. The topological polar surface area (TPSA) is 17.1 Å². The van der Waals surface area contributed by atoms with E-state index >= 15 is 0 Å². The quantitative estimate of drug-likeness (QED) is 0.369. The second-order valence-electron chi connectivity index (χ2n) is 4.29. The zero-order chi connectivity index (χ0) is 12.5. The summed E-state index contributed by atoms with van der Waals surface area (Å²) < 4.78 is 0. The van der Waals surface area contributed by atoms with Gasteiger partial charge in [0.2, 0.25) is 0 Å². The predicted molar refractivity (Wildman–Crippen MR) is 75.9 cm³/mol. The van der Waals surface area contributed by atoms with Crippen LogP contribution >= 0.6 is 11.8 Å². The molecule has 0 N–H and O–H groups in total. The minimum Gasteiger partial charge on any atom is -0.294 e. The maximum Gasteiger partial charge on any atom is 0.163 e. The van der Waals surface area contributed by atoms with Crippen molar-refractivity contribution in [1.29, 1.82) is 0 Å². The molecule has 0 spiro atoms. The van der Waals surface area contributed by atoms with Crippen molar-refractivity contribution in [2.24, 2.45) is 0 Å². The number of carbonyl (C=O) groups excluding carboxylic acids is 1. The molecule has 0 aliphatic heterocycles. The van der Waals surface area contributed by atoms with Crippen LogP contribution in [0.3, 0.4) is 0 Å². The normalized spacial score (nSPS) is 10.5. The van der Waals surface area contributed by atoms with E-state index in [9.17, 15) is 4.79 Å². The van der Waals surface area contributed by atoms with Crippen molar-refractivity contribution < 1.29 is 4.79 Å². The molecule has 0 unspecified atom stereocenters. The van der Waals surface area contributed by atoms with Crippen LogP contribution in [0.25, 0.3) is 0 Å². The molecule has 0 radical (unpaired) electrons. The fourth-order valence-corrected chi connectivity index (χ4v) is 2.52. The second-order valence-corrected chi connectivity index (χ2v) is 5.14. The summed E-state index contributed by atoms with van der Waals surface area (Å²) in [5.74, 6) is 0.298. The van der Waals surface area contributed by atoms with E-state index in [-0.39, 0.29) is 0 Å². The van der Waals surface area contributed by atoms with Crippen molar-refractivity contribution >= 4 is 17.5 Å². The summed E-state index contributed by atoms with van der Waals surface area (Å²) >= 11 is 1.65. The summed E-state index contributed by atoms with van der Waals surface area (Å²) in [5.41, 5.74) is 0.899. The standard InChI is InChI=1S/C15H22OS/c1-3-4-5-6-7-11-14(16)13-10-8-9-12-15(13)17-2/h8-10,12H,3-7,11H2,1-2H3. The molecule has 0 aliphatic rings. The molecular weight excluding hydrogens is 228 g/mol. The molecule has 0 aliphatic carbocycles. The maximum absolute atomic E-state index is 12.0. The highest BCUT2D eigenvalue weighted by molar-refractivity contribution is 7.98. The first-order valence-corrected chi connectivity index (χ1v) is 7.68.